The normalized spacial score (nSPS) is 12.7. The Morgan fingerprint density at radius 1 is 0.766 bits per heavy atom. The summed E-state index contributed by atoms with van der Waals surface area (Å²) in [6, 6.07) is 40.8. The Balaban J connectivity index is 1.42. The number of nitrogens with zero attached hydrogens (tertiary/aromatic N) is 2. The summed E-state index contributed by atoms with van der Waals surface area (Å²) in [5, 5.41) is 1.96. The van der Waals surface area contributed by atoms with Crippen LogP contribution in [0, 0.1) is 0 Å². The van der Waals surface area contributed by atoms with E-state index in [1.165, 1.54) is 9.79 Å². The van der Waals surface area contributed by atoms with E-state index in [9.17, 15) is 8.76 Å². The summed E-state index contributed by atoms with van der Waals surface area (Å²) in [7, 11) is 0. The topological polar surface area (TPSA) is 59.5 Å². The van der Waals surface area contributed by atoms with Crippen molar-refractivity contribution in [2.75, 3.05) is 42.6 Å². The van der Waals surface area contributed by atoms with E-state index in [0.29, 0.717) is 5.56 Å². The van der Waals surface area contributed by atoms with Gasteiger partial charge in [0.15, 0.2) is 6.54 Å². The standard InChI is InChI=1S/C39H38N2O3S3/c1-3-40(23-25-45-31-13-7-5-8-14-31)29-19-21-33-36(27-29)44-37-28-30(41(4-2)24-26-46-32-15-9-6-10-16-32)20-22-34(37)39(33)35-17-11-12-18-38(35)47(42)43/h5-22,27-28H,3-4,23-26H2,1-2H3. The molecular weight excluding hydrogens is 641 g/mol. The molecule has 6 rings (SSSR count). The molecule has 0 fully saturated rings. The molecule has 4 aromatic carbocycles. The Bertz CT molecular complexity index is 2010. The zero-order valence-electron chi connectivity index (χ0n) is 26.6. The maximum atomic E-state index is 12.4. The Kier molecular flexibility index (Phi) is 11.2. The van der Waals surface area contributed by atoms with Crippen molar-refractivity contribution >= 4 is 51.3 Å². The molecule has 5 nitrogen and oxygen atoms in total. The lowest BCUT2D eigenvalue weighted by molar-refractivity contribution is 0.537. The minimum absolute atomic E-state index is 0.274. The third-order valence-corrected chi connectivity index (χ3v) is 11.0. The molecule has 1 aliphatic carbocycles. The predicted octanol–water partition coefficient (Wildman–Crippen LogP) is 8.65. The van der Waals surface area contributed by atoms with E-state index in [2.05, 4.69) is 108 Å². The highest BCUT2D eigenvalue weighted by atomic mass is 32.2. The zero-order valence-corrected chi connectivity index (χ0v) is 29.1. The largest absolute Gasteiger partial charge is 0.768 e. The molecule has 4 aromatic rings. The minimum atomic E-state index is -2.39. The summed E-state index contributed by atoms with van der Waals surface area (Å²) in [5.41, 5.74) is 4.22. The van der Waals surface area contributed by atoms with E-state index >= 15 is 0 Å². The number of hydrogen-bond acceptors (Lipinski definition) is 6. The lowest BCUT2D eigenvalue weighted by Crippen LogP contribution is -2.31. The van der Waals surface area contributed by atoms with Crippen LogP contribution in [-0.2, 0) is 11.1 Å². The fourth-order valence-electron chi connectivity index (χ4n) is 5.89. The van der Waals surface area contributed by atoms with Gasteiger partial charge in [0, 0.05) is 67.9 Å². The molecule has 0 aromatic heterocycles. The Labute approximate surface area is 288 Å². The summed E-state index contributed by atoms with van der Waals surface area (Å²) >= 11 is 1.30. The smallest absolute Gasteiger partial charge is 0.203 e. The fourth-order valence-corrected chi connectivity index (χ4v) is 8.22. The summed E-state index contributed by atoms with van der Waals surface area (Å²) < 4.78 is 33.9. The van der Waals surface area contributed by atoms with Gasteiger partial charge in [-0.05, 0) is 79.0 Å². The molecule has 0 bridgehead atoms. The second-order valence-electron chi connectivity index (χ2n) is 11.1. The first-order valence-corrected chi connectivity index (χ1v) is 19.0. The molecule has 0 N–H and O–H groups in total. The van der Waals surface area contributed by atoms with Gasteiger partial charge >= 0.3 is 0 Å². The summed E-state index contributed by atoms with van der Waals surface area (Å²) in [5.74, 6) is 2.64. The second kappa shape index (κ2) is 15.8. The Morgan fingerprint density at radius 3 is 2.13 bits per heavy atom. The number of thioether (sulfide) groups is 2. The number of hydrogen-bond donors (Lipinski definition) is 0. The summed E-state index contributed by atoms with van der Waals surface area (Å²) in [4.78, 5) is 5.15. The molecule has 1 aliphatic heterocycles. The first kappa shape index (κ1) is 33.1. The van der Waals surface area contributed by atoms with E-state index in [1.807, 2.05) is 47.8 Å². The molecule has 0 saturated heterocycles. The van der Waals surface area contributed by atoms with E-state index in [4.69, 9.17) is 4.42 Å². The Hall–Kier alpha value is -3.82. The van der Waals surface area contributed by atoms with Gasteiger partial charge < -0.3 is 13.9 Å². The highest BCUT2D eigenvalue weighted by Gasteiger charge is 2.21. The first-order valence-electron chi connectivity index (χ1n) is 15.9. The van der Waals surface area contributed by atoms with Crippen LogP contribution in [0.4, 0.5) is 5.69 Å². The van der Waals surface area contributed by atoms with Crippen molar-refractivity contribution in [2.45, 2.75) is 28.5 Å². The fraction of sp³-hybridized carbons (Fsp3) is 0.205. The number of rotatable bonds is 13. The third-order valence-electron chi connectivity index (χ3n) is 8.26. The SMILES string of the molecule is CCN(CCSc1ccccc1)c1ccc2c(-c3ccccc3S(=O)[O-])c3ccc(=[N+](CC)CCSc4ccccc4)cc-3oc2c1. The molecule has 2 aliphatic rings. The van der Waals surface area contributed by atoms with E-state index in [1.54, 1.807) is 12.1 Å². The molecule has 8 heteroatoms. The van der Waals surface area contributed by atoms with Gasteiger partial charge in [-0.25, -0.2) is 4.58 Å². The molecule has 47 heavy (non-hydrogen) atoms. The third kappa shape index (κ3) is 7.84. The molecule has 1 heterocycles. The number of fused-ring (bicyclic) bond motifs is 2. The first-order chi connectivity index (χ1) is 23.1. The quantitative estimate of drug-likeness (QED) is 0.0528. The second-order valence-corrected chi connectivity index (χ2v) is 14.3. The summed E-state index contributed by atoms with van der Waals surface area (Å²) in [6.45, 7) is 7.82. The van der Waals surface area contributed by atoms with Crippen molar-refractivity contribution in [2.24, 2.45) is 0 Å². The van der Waals surface area contributed by atoms with Crippen LogP contribution in [0.15, 0.2) is 140 Å². The molecule has 0 spiro atoms. The van der Waals surface area contributed by atoms with Crippen LogP contribution < -0.4 is 14.8 Å². The van der Waals surface area contributed by atoms with Crippen LogP contribution in [0.1, 0.15) is 13.8 Å². The molecule has 0 radical (unpaired) electrons. The van der Waals surface area contributed by atoms with Crippen LogP contribution in [-0.4, -0.2) is 46.4 Å². The lowest BCUT2D eigenvalue weighted by atomic mass is 9.93. The van der Waals surface area contributed by atoms with E-state index < -0.39 is 11.1 Å². The van der Waals surface area contributed by atoms with Crippen LogP contribution in [0.2, 0.25) is 0 Å². The summed E-state index contributed by atoms with van der Waals surface area (Å²) in [6.07, 6.45) is 0. The van der Waals surface area contributed by atoms with Crippen LogP contribution in [0.25, 0.3) is 33.4 Å². The number of benzene rings is 5. The maximum Gasteiger partial charge on any atom is 0.203 e. The Morgan fingerprint density at radius 2 is 1.45 bits per heavy atom. The van der Waals surface area contributed by atoms with Crippen LogP contribution in [0.3, 0.4) is 0 Å². The van der Waals surface area contributed by atoms with Crippen molar-refractivity contribution in [3.05, 3.63) is 127 Å². The molecule has 1 atom stereocenters. The van der Waals surface area contributed by atoms with Crippen molar-refractivity contribution < 1.29 is 13.2 Å². The van der Waals surface area contributed by atoms with Gasteiger partial charge in [0.05, 0.1) is 11.8 Å². The van der Waals surface area contributed by atoms with Crippen molar-refractivity contribution in [3.8, 4) is 22.5 Å². The van der Waals surface area contributed by atoms with Gasteiger partial charge in [-0.1, -0.05) is 54.6 Å². The minimum Gasteiger partial charge on any atom is -0.768 e. The van der Waals surface area contributed by atoms with Gasteiger partial charge in [-0.15, -0.1) is 23.5 Å². The zero-order chi connectivity index (χ0) is 32.6. The van der Waals surface area contributed by atoms with Gasteiger partial charge in [-0.2, -0.15) is 0 Å². The van der Waals surface area contributed by atoms with Gasteiger partial charge in [0.2, 0.25) is 5.36 Å². The molecule has 0 saturated carbocycles. The molecule has 0 amide bonds. The van der Waals surface area contributed by atoms with Crippen molar-refractivity contribution in [1.29, 1.82) is 0 Å². The van der Waals surface area contributed by atoms with Crippen LogP contribution >= 0.6 is 23.5 Å². The van der Waals surface area contributed by atoms with Crippen molar-refractivity contribution in [1.82, 2.24) is 4.58 Å². The van der Waals surface area contributed by atoms with Gasteiger partial charge in [0.25, 0.3) is 0 Å². The monoisotopic (exact) mass is 678 g/mol. The van der Waals surface area contributed by atoms with E-state index in [-0.39, 0.29) is 4.90 Å². The van der Waals surface area contributed by atoms with Crippen molar-refractivity contribution in [3.63, 3.8) is 0 Å². The highest BCUT2D eigenvalue weighted by Crippen LogP contribution is 2.42. The molecular formula is C39H38N2O3S3. The average molecular weight is 679 g/mol. The van der Waals surface area contributed by atoms with E-state index in [0.717, 1.165) is 76.6 Å². The molecule has 240 valence electrons. The lowest BCUT2D eigenvalue weighted by Gasteiger charge is -2.24. The number of anilines is 1. The maximum absolute atomic E-state index is 12.4. The molecule has 1 unspecified atom stereocenters. The van der Waals surface area contributed by atoms with Crippen LogP contribution in [0.5, 0.6) is 0 Å². The van der Waals surface area contributed by atoms with Gasteiger partial charge in [-0.3, -0.25) is 4.21 Å². The predicted molar refractivity (Wildman–Crippen MR) is 198 cm³/mol. The highest BCUT2D eigenvalue weighted by molar-refractivity contribution is 7.99. The average Bonchev–Trinajstić information content (AvgIpc) is 3.11. The van der Waals surface area contributed by atoms with Gasteiger partial charge in [0.1, 0.15) is 17.9 Å².